The number of hydrogen-bond acceptors (Lipinski definition) is 4. The Hall–Kier alpha value is -1.63. The van der Waals surface area contributed by atoms with Crippen LogP contribution in [0.1, 0.15) is 0 Å². The van der Waals surface area contributed by atoms with Gasteiger partial charge in [-0.3, -0.25) is 0 Å². The third kappa shape index (κ3) is 3.55. The van der Waals surface area contributed by atoms with Crippen LogP contribution in [0.5, 0.6) is 5.75 Å². The molecule has 0 atom stereocenters. The average Bonchev–Trinajstić information content (AvgIpc) is 2.14. The molecule has 1 aromatic rings. The normalized spacial score (nSPS) is 11.0. The Balaban J connectivity index is 2.89. The van der Waals surface area contributed by atoms with Gasteiger partial charge in [-0.1, -0.05) is 6.07 Å². The van der Waals surface area contributed by atoms with Gasteiger partial charge in [-0.25, -0.2) is 4.79 Å². The molecule has 0 radical (unpaired) electrons. The number of carboxylic acid groups (broad SMARTS) is 1. The van der Waals surface area contributed by atoms with Crippen molar-refractivity contribution in [3.63, 3.8) is 0 Å². The van der Waals surface area contributed by atoms with Crippen LogP contribution in [0, 0.1) is 0 Å². The van der Waals surface area contributed by atoms with Crippen molar-refractivity contribution < 1.29 is 26.9 Å². The predicted molar refractivity (Wildman–Crippen MR) is 47.9 cm³/mol. The summed E-state index contributed by atoms with van der Waals surface area (Å²) in [6.45, 7) is -0.615. The summed E-state index contributed by atoms with van der Waals surface area (Å²) in [6.07, 6.45) is 0. The molecule has 1 aromatic carbocycles. The van der Waals surface area contributed by atoms with Gasteiger partial charge in [0.25, 0.3) is 0 Å². The van der Waals surface area contributed by atoms with Gasteiger partial charge in [-0.2, -0.15) is 8.42 Å². The number of halogens is 1. The molecule has 0 aromatic heterocycles. The van der Waals surface area contributed by atoms with Crippen LogP contribution in [0.25, 0.3) is 0 Å². The van der Waals surface area contributed by atoms with Gasteiger partial charge in [0.2, 0.25) is 0 Å². The van der Waals surface area contributed by atoms with Crippen LogP contribution >= 0.6 is 0 Å². The largest absolute Gasteiger partial charge is 0.482 e. The number of aliphatic carboxylic acids is 1. The van der Waals surface area contributed by atoms with Crippen molar-refractivity contribution in [3.8, 4) is 5.75 Å². The van der Waals surface area contributed by atoms with E-state index in [-0.39, 0.29) is 5.75 Å². The smallest absolute Gasteiger partial charge is 0.341 e. The van der Waals surface area contributed by atoms with Crippen molar-refractivity contribution in [2.45, 2.75) is 4.90 Å². The van der Waals surface area contributed by atoms with Gasteiger partial charge < -0.3 is 9.84 Å². The highest BCUT2D eigenvalue weighted by atomic mass is 32.3. The molecule has 0 aliphatic carbocycles. The van der Waals surface area contributed by atoms with E-state index in [1.807, 2.05) is 0 Å². The second kappa shape index (κ2) is 4.26. The van der Waals surface area contributed by atoms with E-state index in [1.54, 1.807) is 0 Å². The van der Waals surface area contributed by atoms with Crippen molar-refractivity contribution in [2.75, 3.05) is 6.61 Å². The minimum Gasteiger partial charge on any atom is -0.482 e. The fraction of sp³-hybridized carbons (Fsp3) is 0.125. The van der Waals surface area contributed by atoms with Crippen molar-refractivity contribution in [2.24, 2.45) is 0 Å². The van der Waals surface area contributed by atoms with Gasteiger partial charge in [-0.05, 0) is 12.1 Å². The summed E-state index contributed by atoms with van der Waals surface area (Å²) >= 11 is 0. The van der Waals surface area contributed by atoms with Crippen LogP contribution in [-0.4, -0.2) is 26.1 Å². The standard InChI is InChI=1S/C8H7FO5S/c9-15(12,13)7-3-1-2-6(4-7)14-5-8(10)11/h1-4H,5H2,(H,10,11). The predicted octanol–water partition coefficient (Wildman–Crippen LogP) is 0.808. The number of carboxylic acids is 1. The average molecular weight is 234 g/mol. The van der Waals surface area contributed by atoms with Gasteiger partial charge in [0.15, 0.2) is 6.61 Å². The first-order chi connectivity index (χ1) is 6.89. The first-order valence-electron chi connectivity index (χ1n) is 3.79. The Bertz CT molecular complexity index is 468. The first-order valence-corrected chi connectivity index (χ1v) is 5.17. The Morgan fingerprint density at radius 1 is 1.47 bits per heavy atom. The lowest BCUT2D eigenvalue weighted by molar-refractivity contribution is -0.139. The Morgan fingerprint density at radius 2 is 2.13 bits per heavy atom. The van der Waals surface area contributed by atoms with Crippen LogP contribution < -0.4 is 4.74 Å². The number of carbonyl (C=O) groups is 1. The molecule has 0 heterocycles. The fourth-order valence-corrected chi connectivity index (χ4v) is 1.36. The van der Waals surface area contributed by atoms with Crippen molar-refractivity contribution in [1.82, 2.24) is 0 Å². The molecule has 0 aliphatic rings. The molecule has 15 heavy (non-hydrogen) atoms. The first kappa shape index (κ1) is 11.4. The summed E-state index contributed by atoms with van der Waals surface area (Å²) in [6, 6.07) is 4.54. The van der Waals surface area contributed by atoms with Crippen molar-refractivity contribution in [1.29, 1.82) is 0 Å². The lowest BCUT2D eigenvalue weighted by Gasteiger charge is -2.03. The SMILES string of the molecule is O=C(O)COc1cccc(S(=O)(=O)F)c1. The summed E-state index contributed by atoms with van der Waals surface area (Å²) < 4.78 is 38.1. The van der Waals surface area contributed by atoms with E-state index >= 15 is 0 Å². The molecule has 0 saturated heterocycles. The maximum Gasteiger partial charge on any atom is 0.341 e. The van der Waals surface area contributed by atoms with Crippen LogP contribution in [0.3, 0.4) is 0 Å². The van der Waals surface area contributed by atoms with E-state index in [1.165, 1.54) is 12.1 Å². The minimum atomic E-state index is -4.79. The van der Waals surface area contributed by atoms with Gasteiger partial charge in [-0.15, -0.1) is 3.89 Å². The number of ether oxygens (including phenoxy) is 1. The zero-order valence-electron chi connectivity index (χ0n) is 7.38. The molecular weight excluding hydrogens is 227 g/mol. The van der Waals surface area contributed by atoms with Crippen LogP contribution in [0.15, 0.2) is 29.2 Å². The molecule has 82 valence electrons. The Morgan fingerprint density at radius 3 is 2.67 bits per heavy atom. The summed E-state index contributed by atoms with van der Waals surface area (Å²) in [7, 11) is -4.79. The summed E-state index contributed by atoms with van der Waals surface area (Å²) in [4.78, 5) is 9.57. The lowest BCUT2D eigenvalue weighted by Crippen LogP contribution is -2.09. The van der Waals surface area contributed by atoms with Gasteiger partial charge in [0, 0.05) is 6.07 Å². The molecule has 0 unspecified atom stereocenters. The van der Waals surface area contributed by atoms with E-state index in [9.17, 15) is 17.1 Å². The van der Waals surface area contributed by atoms with E-state index < -0.39 is 27.7 Å². The van der Waals surface area contributed by atoms with E-state index in [2.05, 4.69) is 4.74 Å². The van der Waals surface area contributed by atoms with Crippen molar-refractivity contribution >= 4 is 16.2 Å². The number of benzene rings is 1. The summed E-state index contributed by atoms with van der Waals surface area (Å²) in [5.41, 5.74) is 0. The molecule has 0 spiro atoms. The highest BCUT2D eigenvalue weighted by Crippen LogP contribution is 2.18. The Kier molecular flexibility index (Phi) is 3.25. The lowest BCUT2D eigenvalue weighted by atomic mass is 10.3. The zero-order chi connectivity index (χ0) is 11.5. The molecule has 5 nitrogen and oxygen atoms in total. The maximum absolute atomic E-state index is 12.5. The fourth-order valence-electron chi connectivity index (χ4n) is 0.861. The van der Waals surface area contributed by atoms with Crippen LogP contribution in [0.4, 0.5) is 3.89 Å². The van der Waals surface area contributed by atoms with E-state index in [4.69, 9.17) is 5.11 Å². The van der Waals surface area contributed by atoms with Gasteiger partial charge >= 0.3 is 16.2 Å². The summed E-state index contributed by atoms with van der Waals surface area (Å²) in [5.74, 6) is -1.22. The second-order valence-electron chi connectivity index (χ2n) is 2.60. The molecule has 0 aliphatic heterocycles. The highest BCUT2D eigenvalue weighted by molar-refractivity contribution is 7.86. The molecule has 0 amide bonds. The highest BCUT2D eigenvalue weighted by Gasteiger charge is 2.12. The van der Waals surface area contributed by atoms with Crippen LogP contribution in [-0.2, 0) is 15.0 Å². The topological polar surface area (TPSA) is 80.7 Å². The molecule has 0 fully saturated rings. The quantitative estimate of drug-likeness (QED) is 0.779. The van der Waals surface area contributed by atoms with Gasteiger partial charge in [0.05, 0.1) is 0 Å². The summed E-state index contributed by atoms with van der Waals surface area (Å²) in [5, 5.41) is 8.29. The van der Waals surface area contributed by atoms with E-state index in [0.29, 0.717) is 0 Å². The second-order valence-corrected chi connectivity index (χ2v) is 3.94. The third-order valence-corrected chi connectivity index (χ3v) is 2.27. The van der Waals surface area contributed by atoms with Crippen molar-refractivity contribution in [3.05, 3.63) is 24.3 Å². The Labute approximate surface area is 85.3 Å². The number of rotatable bonds is 4. The van der Waals surface area contributed by atoms with E-state index in [0.717, 1.165) is 12.1 Å². The monoisotopic (exact) mass is 234 g/mol. The minimum absolute atomic E-state index is 0.0175. The molecule has 0 bridgehead atoms. The number of hydrogen-bond donors (Lipinski definition) is 1. The maximum atomic E-state index is 12.5. The zero-order valence-corrected chi connectivity index (χ0v) is 8.20. The molecule has 0 saturated carbocycles. The van der Waals surface area contributed by atoms with Crippen LogP contribution in [0.2, 0.25) is 0 Å². The van der Waals surface area contributed by atoms with Gasteiger partial charge in [0.1, 0.15) is 10.6 Å². The molecule has 1 rings (SSSR count). The molecule has 1 N–H and O–H groups in total. The third-order valence-electron chi connectivity index (χ3n) is 1.45. The molecule has 7 heteroatoms. The molecular formula is C8H7FO5S.